The van der Waals surface area contributed by atoms with Gasteiger partial charge in [0.05, 0.1) is 23.9 Å². The first-order chi connectivity index (χ1) is 15.7. The molecule has 0 unspecified atom stereocenters. The van der Waals surface area contributed by atoms with E-state index in [9.17, 15) is 5.26 Å². The smallest absolute Gasteiger partial charge is 0.173 e. The summed E-state index contributed by atoms with van der Waals surface area (Å²) >= 11 is 0. The Morgan fingerprint density at radius 3 is 2.69 bits per heavy atom. The quantitative estimate of drug-likeness (QED) is 0.464. The van der Waals surface area contributed by atoms with Crippen molar-refractivity contribution in [2.24, 2.45) is 11.8 Å². The third-order valence-electron chi connectivity index (χ3n) is 7.11. The highest BCUT2D eigenvalue weighted by molar-refractivity contribution is 5.84. The number of rotatable bonds is 8. The van der Waals surface area contributed by atoms with Crippen molar-refractivity contribution in [3.8, 4) is 11.8 Å². The number of likely N-dealkylation sites (tertiary alicyclic amines) is 1. The maximum Gasteiger partial charge on any atom is 0.173 e. The van der Waals surface area contributed by atoms with E-state index in [2.05, 4.69) is 41.2 Å². The summed E-state index contributed by atoms with van der Waals surface area (Å²) in [5, 5.41) is 14.9. The van der Waals surface area contributed by atoms with Gasteiger partial charge in [0.1, 0.15) is 5.75 Å². The molecule has 1 saturated heterocycles. The average Bonchev–Trinajstić information content (AvgIpc) is 3.56. The van der Waals surface area contributed by atoms with Crippen molar-refractivity contribution < 1.29 is 9.26 Å². The number of hydrogen-bond donors (Lipinski definition) is 0. The van der Waals surface area contributed by atoms with Crippen LogP contribution in [0.3, 0.4) is 0 Å². The summed E-state index contributed by atoms with van der Waals surface area (Å²) < 4.78 is 11.7. The van der Waals surface area contributed by atoms with E-state index in [1.807, 2.05) is 18.2 Å². The van der Waals surface area contributed by atoms with Crippen molar-refractivity contribution >= 4 is 11.0 Å². The van der Waals surface area contributed by atoms with Crippen LogP contribution in [0.1, 0.15) is 54.5 Å². The van der Waals surface area contributed by atoms with Crippen LogP contribution in [-0.2, 0) is 13.0 Å². The van der Waals surface area contributed by atoms with E-state index < -0.39 is 0 Å². The fraction of sp³-hybridized carbons (Fsp3) is 0.481. The van der Waals surface area contributed by atoms with Gasteiger partial charge in [0, 0.05) is 17.5 Å². The summed E-state index contributed by atoms with van der Waals surface area (Å²) in [5.41, 5.74) is 4.94. The number of aryl methyl sites for hydroxylation is 2. The Bertz CT molecular complexity index is 1120. The van der Waals surface area contributed by atoms with Crippen LogP contribution >= 0.6 is 0 Å². The molecule has 1 aromatic heterocycles. The molecule has 166 valence electrons. The van der Waals surface area contributed by atoms with Crippen molar-refractivity contribution in [3.05, 3.63) is 58.8 Å². The van der Waals surface area contributed by atoms with E-state index in [0.29, 0.717) is 5.92 Å². The lowest BCUT2D eigenvalue weighted by Crippen LogP contribution is -2.33. The SMILES string of the molecule is Cc1c(OCC2CC2)ccc2c(CCC3CCN(Cc4ccccc4C#N)CC3)noc12. The maximum atomic E-state index is 9.32. The van der Waals surface area contributed by atoms with Gasteiger partial charge in [-0.1, -0.05) is 23.4 Å². The summed E-state index contributed by atoms with van der Waals surface area (Å²) in [6.07, 6.45) is 7.07. The van der Waals surface area contributed by atoms with Gasteiger partial charge < -0.3 is 9.26 Å². The number of fused-ring (bicyclic) bond motifs is 1. The Kier molecular flexibility index (Phi) is 6.14. The minimum absolute atomic E-state index is 0.714. The zero-order valence-corrected chi connectivity index (χ0v) is 18.8. The Hall–Kier alpha value is -2.84. The summed E-state index contributed by atoms with van der Waals surface area (Å²) in [4.78, 5) is 2.48. The Morgan fingerprint density at radius 2 is 1.91 bits per heavy atom. The standard InChI is InChI=1S/C27H31N3O2/c1-19-26(31-18-21-6-7-21)11-9-24-25(29-32-27(19)24)10-8-20-12-14-30(15-13-20)17-23-5-3-2-4-22(23)16-28/h2-5,9,11,20-21H,6-8,10,12-15,17-18H2,1H3. The van der Waals surface area contributed by atoms with Crippen LogP contribution in [0.15, 0.2) is 40.9 Å². The van der Waals surface area contributed by atoms with Gasteiger partial charge in [-0.2, -0.15) is 5.26 Å². The molecule has 2 fully saturated rings. The summed E-state index contributed by atoms with van der Waals surface area (Å²) in [6, 6.07) is 14.5. The molecule has 0 N–H and O–H groups in total. The maximum absolute atomic E-state index is 9.32. The topological polar surface area (TPSA) is 62.3 Å². The highest BCUT2D eigenvalue weighted by atomic mass is 16.5. The van der Waals surface area contributed by atoms with Gasteiger partial charge in [-0.05, 0) is 94.1 Å². The molecule has 5 nitrogen and oxygen atoms in total. The molecule has 1 aliphatic heterocycles. The molecule has 0 spiro atoms. The van der Waals surface area contributed by atoms with Crippen LogP contribution in [-0.4, -0.2) is 29.8 Å². The average molecular weight is 430 g/mol. The molecular weight excluding hydrogens is 398 g/mol. The molecule has 0 atom stereocenters. The molecule has 1 saturated carbocycles. The molecule has 32 heavy (non-hydrogen) atoms. The first kappa shape index (κ1) is 21.0. The lowest BCUT2D eigenvalue weighted by Gasteiger charge is -2.32. The number of aromatic nitrogens is 1. The minimum atomic E-state index is 0.714. The predicted molar refractivity (Wildman–Crippen MR) is 124 cm³/mol. The first-order valence-corrected chi connectivity index (χ1v) is 11.9. The number of benzene rings is 2. The molecule has 5 rings (SSSR count). The zero-order chi connectivity index (χ0) is 21.9. The second-order valence-electron chi connectivity index (χ2n) is 9.48. The predicted octanol–water partition coefficient (Wildman–Crippen LogP) is 5.64. The Labute approximate surface area is 189 Å². The van der Waals surface area contributed by atoms with Crippen LogP contribution in [0, 0.1) is 30.1 Å². The van der Waals surface area contributed by atoms with E-state index in [1.54, 1.807) is 0 Å². The van der Waals surface area contributed by atoms with Crippen LogP contribution < -0.4 is 4.74 Å². The van der Waals surface area contributed by atoms with E-state index in [-0.39, 0.29) is 0 Å². The molecule has 0 radical (unpaired) electrons. The van der Waals surface area contributed by atoms with E-state index in [4.69, 9.17) is 9.26 Å². The monoisotopic (exact) mass is 429 g/mol. The summed E-state index contributed by atoms with van der Waals surface area (Å²) in [6.45, 7) is 5.93. The number of nitriles is 1. The summed E-state index contributed by atoms with van der Waals surface area (Å²) in [7, 11) is 0. The lowest BCUT2D eigenvalue weighted by atomic mass is 9.90. The highest BCUT2D eigenvalue weighted by Gasteiger charge is 2.24. The van der Waals surface area contributed by atoms with Gasteiger partial charge in [-0.25, -0.2) is 0 Å². The molecule has 3 aromatic rings. The van der Waals surface area contributed by atoms with Crippen LogP contribution in [0.4, 0.5) is 0 Å². The minimum Gasteiger partial charge on any atom is -0.493 e. The molecule has 0 amide bonds. The lowest BCUT2D eigenvalue weighted by molar-refractivity contribution is 0.172. The third kappa shape index (κ3) is 4.66. The van der Waals surface area contributed by atoms with Gasteiger partial charge in [0.25, 0.3) is 0 Å². The van der Waals surface area contributed by atoms with E-state index in [1.165, 1.54) is 25.7 Å². The van der Waals surface area contributed by atoms with E-state index >= 15 is 0 Å². The van der Waals surface area contributed by atoms with Crippen LogP contribution in [0.5, 0.6) is 5.75 Å². The molecule has 2 heterocycles. The van der Waals surface area contributed by atoms with Crippen molar-refractivity contribution in [2.75, 3.05) is 19.7 Å². The Balaban J connectivity index is 1.14. The second-order valence-corrected chi connectivity index (χ2v) is 9.48. The van der Waals surface area contributed by atoms with E-state index in [0.717, 1.165) is 84.1 Å². The van der Waals surface area contributed by atoms with Crippen LogP contribution in [0.2, 0.25) is 0 Å². The number of nitrogens with zero attached hydrogens (tertiary/aromatic N) is 3. The number of piperidine rings is 1. The molecule has 1 aliphatic carbocycles. The Morgan fingerprint density at radius 1 is 1.09 bits per heavy atom. The first-order valence-electron chi connectivity index (χ1n) is 11.9. The van der Waals surface area contributed by atoms with Gasteiger partial charge >= 0.3 is 0 Å². The van der Waals surface area contributed by atoms with Gasteiger partial charge in [-0.15, -0.1) is 0 Å². The summed E-state index contributed by atoms with van der Waals surface area (Å²) in [5.74, 6) is 2.38. The normalized spacial score (nSPS) is 17.5. The van der Waals surface area contributed by atoms with Crippen molar-refractivity contribution in [1.29, 1.82) is 5.26 Å². The molecule has 2 aromatic carbocycles. The van der Waals surface area contributed by atoms with Crippen molar-refractivity contribution in [1.82, 2.24) is 10.1 Å². The van der Waals surface area contributed by atoms with Gasteiger partial charge in [0.15, 0.2) is 5.58 Å². The van der Waals surface area contributed by atoms with Gasteiger partial charge in [0.2, 0.25) is 0 Å². The third-order valence-corrected chi connectivity index (χ3v) is 7.11. The fourth-order valence-electron chi connectivity index (χ4n) is 4.78. The molecule has 2 aliphatic rings. The largest absolute Gasteiger partial charge is 0.493 e. The second kappa shape index (κ2) is 9.34. The zero-order valence-electron chi connectivity index (χ0n) is 18.8. The number of ether oxygens (including phenoxy) is 1. The van der Waals surface area contributed by atoms with Crippen LogP contribution in [0.25, 0.3) is 11.0 Å². The molecular formula is C27H31N3O2. The molecule has 5 heteroatoms. The van der Waals surface area contributed by atoms with Crippen molar-refractivity contribution in [3.63, 3.8) is 0 Å². The van der Waals surface area contributed by atoms with Crippen molar-refractivity contribution in [2.45, 2.75) is 52.0 Å². The highest BCUT2D eigenvalue weighted by Crippen LogP contribution is 2.34. The number of hydrogen-bond acceptors (Lipinski definition) is 5. The van der Waals surface area contributed by atoms with Gasteiger partial charge in [-0.3, -0.25) is 4.90 Å². The molecule has 0 bridgehead atoms. The fourth-order valence-corrected chi connectivity index (χ4v) is 4.78.